The lowest BCUT2D eigenvalue weighted by molar-refractivity contribution is -0.137. The summed E-state index contributed by atoms with van der Waals surface area (Å²) in [6.07, 6.45) is -4.31. The molecule has 0 amide bonds. The third kappa shape index (κ3) is 2.57. The summed E-state index contributed by atoms with van der Waals surface area (Å²) in [5.74, 6) is 0. The lowest BCUT2D eigenvalue weighted by atomic mass is 10.0. The molecule has 0 radical (unpaired) electrons. The van der Waals surface area contributed by atoms with Crippen LogP contribution in [0.5, 0.6) is 0 Å². The standard InChI is InChI=1S/C13H12F3NS/c1-8-2-3-9(13(14,15)16)6-11(8)12-5-4-10(7-17)18-12/h2-6H,7,17H2,1H3. The fraction of sp³-hybridized carbons (Fsp3) is 0.231. The molecule has 0 aliphatic carbocycles. The molecule has 0 aliphatic rings. The van der Waals surface area contributed by atoms with Gasteiger partial charge in [0, 0.05) is 16.3 Å². The molecule has 5 heteroatoms. The van der Waals surface area contributed by atoms with E-state index in [9.17, 15) is 13.2 Å². The van der Waals surface area contributed by atoms with Crippen LogP contribution in [0.1, 0.15) is 16.0 Å². The van der Waals surface area contributed by atoms with Gasteiger partial charge in [0.25, 0.3) is 0 Å². The average molecular weight is 271 g/mol. The van der Waals surface area contributed by atoms with Crippen LogP contribution in [0.25, 0.3) is 10.4 Å². The third-order valence-corrected chi connectivity index (χ3v) is 3.83. The second kappa shape index (κ2) is 4.74. The van der Waals surface area contributed by atoms with Gasteiger partial charge in [0.15, 0.2) is 0 Å². The van der Waals surface area contributed by atoms with Crippen molar-refractivity contribution in [3.63, 3.8) is 0 Å². The lowest BCUT2D eigenvalue weighted by Gasteiger charge is -2.10. The monoisotopic (exact) mass is 271 g/mol. The van der Waals surface area contributed by atoms with Crippen molar-refractivity contribution in [1.82, 2.24) is 0 Å². The highest BCUT2D eigenvalue weighted by atomic mass is 32.1. The zero-order chi connectivity index (χ0) is 13.3. The van der Waals surface area contributed by atoms with E-state index in [4.69, 9.17) is 5.73 Å². The van der Waals surface area contributed by atoms with Crippen LogP contribution in [0, 0.1) is 6.92 Å². The number of alkyl halides is 3. The van der Waals surface area contributed by atoms with Gasteiger partial charge in [-0.1, -0.05) is 6.07 Å². The maximum absolute atomic E-state index is 12.7. The molecule has 1 nitrogen and oxygen atoms in total. The van der Waals surface area contributed by atoms with Gasteiger partial charge in [-0.2, -0.15) is 13.2 Å². The summed E-state index contributed by atoms with van der Waals surface area (Å²) in [4.78, 5) is 1.78. The molecule has 2 N–H and O–H groups in total. The largest absolute Gasteiger partial charge is 0.416 e. The Morgan fingerprint density at radius 2 is 1.89 bits per heavy atom. The van der Waals surface area contributed by atoms with E-state index in [0.29, 0.717) is 12.1 Å². The number of thiophene rings is 1. The first-order chi connectivity index (χ1) is 8.41. The van der Waals surface area contributed by atoms with E-state index in [0.717, 1.165) is 21.4 Å². The SMILES string of the molecule is Cc1ccc(C(F)(F)F)cc1-c1ccc(CN)s1. The van der Waals surface area contributed by atoms with Crippen LogP contribution in [0.15, 0.2) is 30.3 Å². The van der Waals surface area contributed by atoms with Crippen molar-refractivity contribution in [2.24, 2.45) is 5.73 Å². The molecule has 0 saturated carbocycles. The Balaban J connectivity index is 2.49. The normalized spacial score (nSPS) is 11.8. The van der Waals surface area contributed by atoms with E-state index in [-0.39, 0.29) is 0 Å². The summed E-state index contributed by atoms with van der Waals surface area (Å²) in [6.45, 7) is 2.21. The van der Waals surface area contributed by atoms with Gasteiger partial charge < -0.3 is 5.73 Å². The van der Waals surface area contributed by atoms with Crippen molar-refractivity contribution < 1.29 is 13.2 Å². The van der Waals surface area contributed by atoms with Crippen LogP contribution in [0.3, 0.4) is 0 Å². The van der Waals surface area contributed by atoms with Crippen molar-refractivity contribution in [3.8, 4) is 10.4 Å². The minimum absolute atomic E-state index is 0.405. The zero-order valence-electron chi connectivity index (χ0n) is 9.71. The molecule has 1 aromatic carbocycles. The Hall–Kier alpha value is -1.33. The Morgan fingerprint density at radius 1 is 1.17 bits per heavy atom. The molecule has 0 aliphatic heterocycles. The molecule has 1 aromatic heterocycles. The van der Waals surface area contributed by atoms with Crippen LogP contribution < -0.4 is 5.73 Å². The minimum Gasteiger partial charge on any atom is -0.326 e. The van der Waals surface area contributed by atoms with Crippen LogP contribution >= 0.6 is 11.3 Å². The Morgan fingerprint density at radius 3 is 2.44 bits per heavy atom. The molecule has 0 saturated heterocycles. The molecule has 0 atom stereocenters. The third-order valence-electron chi connectivity index (χ3n) is 2.69. The molecular formula is C13H12F3NS. The summed E-state index contributed by atoms with van der Waals surface area (Å²) < 4.78 is 38.0. The Kier molecular flexibility index (Phi) is 3.45. The molecule has 18 heavy (non-hydrogen) atoms. The van der Waals surface area contributed by atoms with Gasteiger partial charge in [-0.15, -0.1) is 11.3 Å². The highest BCUT2D eigenvalue weighted by Crippen LogP contribution is 2.36. The van der Waals surface area contributed by atoms with Gasteiger partial charge in [0.2, 0.25) is 0 Å². The van der Waals surface area contributed by atoms with Crippen LogP contribution in [-0.4, -0.2) is 0 Å². The summed E-state index contributed by atoms with van der Waals surface area (Å²) in [5.41, 5.74) is 6.34. The zero-order valence-corrected chi connectivity index (χ0v) is 10.5. The van der Waals surface area contributed by atoms with Crippen molar-refractivity contribution in [1.29, 1.82) is 0 Å². The van der Waals surface area contributed by atoms with Crippen LogP contribution in [-0.2, 0) is 12.7 Å². The number of nitrogens with two attached hydrogens (primary N) is 1. The fourth-order valence-electron chi connectivity index (χ4n) is 1.70. The van der Waals surface area contributed by atoms with Crippen molar-refractivity contribution in [3.05, 3.63) is 46.3 Å². The predicted molar refractivity (Wildman–Crippen MR) is 67.4 cm³/mol. The van der Waals surface area contributed by atoms with Gasteiger partial charge in [0.05, 0.1) is 5.56 Å². The van der Waals surface area contributed by atoms with E-state index in [1.54, 1.807) is 6.92 Å². The van der Waals surface area contributed by atoms with E-state index in [1.807, 2.05) is 12.1 Å². The lowest BCUT2D eigenvalue weighted by Crippen LogP contribution is -2.05. The summed E-state index contributed by atoms with van der Waals surface area (Å²) in [7, 11) is 0. The second-order valence-electron chi connectivity index (χ2n) is 4.00. The summed E-state index contributed by atoms with van der Waals surface area (Å²) >= 11 is 1.43. The highest BCUT2D eigenvalue weighted by molar-refractivity contribution is 7.15. The smallest absolute Gasteiger partial charge is 0.326 e. The molecule has 0 bridgehead atoms. The molecule has 0 unspecified atom stereocenters. The number of halogens is 3. The molecule has 0 fully saturated rings. The molecule has 96 valence electrons. The number of benzene rings is 1. The molecule has 0 spiro atoms. The van der Waals surface area contributed by atoms with Crippen molar-refractivity contribution in [2.45, 2.75) is 19.6 Å². The molecule has 2 rings (SSSR count). The van der Waals surface area contributed by atoms with Gasteiger partial charge in [-0.25, -0.2) is 0 Å². The first-order valence-electron chi connectivity index (χ1n) is 5.39. The Bertz CT molecular complexity index is 558. The summed E-state index contributed by atoms with van der Waals surface area (Å²) in [5, 5.41) is 0. The highest BCUT2D eigenvalue weighted by Gasteiger charge is 2.30. The van der Waals surface area contributed by atoms with E-state index >= 15 is 0 Å². The minimum atomic E-state index is -4.31. The van der Waals surface area contributed by atoms with E-state index in [2.05, 4.69) is 0 Å². The van der Waals surface area contributed by atoms with E-state index < -0.39 is 11.7 Å². The maximum atomic E-state index is 12.7. The van der Waals surface area contributed by atoms with Crippen molar-refractivity contribution in [2.75, 3.05) is 0 Å². The first-order valence-corrected chi connectivity index (χ1v) is 6.20. The van der Waals surface area contributed by atoms with E-state index in [1.165, 1.54) is 23.5 Å². The van der Waals surface area contributed by atoms with Gasteiger partial charge >= 0.3 is 6.18 Å². The number of hydrogen-bond donors (Lipinski definition) is 1. The van der Waals surface area contributed by atoms with Gasteiger partial charge in [-0.3, -0.25) is 0 Å². The average Bonchev–Trinajstić information content (AvgIpc) is 2.76. The predicted octanol–water partition coefficient (Wildman–Crippen LogP) is 4.20. The second-order valence-corrected chi connectivity index (χ2v) is 5.17. The number of rotatable bonds is 2. The molecular weight excluding hydrogens is 259 g/mol. The summed E-state index contributed by atoms with van der Waals surface area (Å²) in [6, 6.07) is 7.47. The number of aryl methyl sites for hydroxylation is 1. The maximum Gasteiger partial charge on any atom is 0.416 e. The number of hydrogen-bond acceptors (Lipinski definition) is 2. The van der Waals surface area contributed by atoms with Crippen LogP contribution in [0.4, 0.5) is 13.2 Å². The first kappa shape index (κ1) is 13.1. The van der Waals surface area contributed by atoms with Crippen molar-refractivity contribution >= 4 is 11.3 Å². The fourth-order valence-corrected chi connectivity index (χ4v) is 2.66. The molecule has 1 heterocycles. The van der Waals surface area contributed by atoms with Gasteiger partial charge in [-0.05, 0) is 42.3 Å². The quantitative estimate of drug-likeness (QED) is 0.870. The molecule has 2 aromatic rings. The van der Waals surface area contributed by atoms with Crippen LogP contribution in [0.2, 0.25) is 0 Å². The topological polar surface area (TPSA) is 26.0 Å². The van der Waals surface area contributed by atoms with Gasteiger partial charge in [0.1, 0.15) is 0 Å². The Labute approximate surface area is 107 Å².